The molecule has 0 radical (unpaired) electrons. The van der Waals surface area contributed by atoms with Crippen LogP contribution < -0.4 is 0 Å². The van der Waals surface area contributed by atoms with Crippen molar-refractivity contribution in [2.75, 3.05) is 13.1 Å². The minimum Gasteiger partial charge on any atom is -0.481 e. The van der Waals surface area contributed by atoms with E-state index < -0.39 is 11.9 Å². The van der Waals surface area contributed by atoms with Crippen molar-refractivity contribution in [3.8, 4) is 0 Å². The fraction of sp³-hybridized carbons (Fsp3) is 0.400. The Morgan fingerprint density at radius 2 is 1.48 bits per heavy atom. The number of rotatable bonds is 7. The lowest BCUT2D eigenvalue weighted by Gasteiger charge is -2.21. The predicted octanol–water partition coefficient (Wildman–Crippen LogP) is 1.70. The molecule has 0 aliphatic heterocycles. The zero-order chi connectivity index (χ0) is 16.0. The Labute approximate surface area is 123 Å². The SMILES string of the molecule is Cc1ccc(C(=O)N(CCC(=O)O)CCC(=O)O)cc1C. The van der Waals surface area contributed by atoms with Crippen LogP contribution in [-0.2, 0) is 9.59 Å². The molecule has 6 nitrogen and oxygen atoms in total. The molecule has 0 fully saturated rings. The number of hydrogen-bond donors (Lipinski definition) is 2. The lowest BCUT2D eigenvalue weighted by molar-refractivity contribution is -0.137. The molecule has 21 heavy (non-hydrogen) atoms. The topological polar surface area (TPSA) is 94.9 Å². The molecule has 0 saturated heterocycles. The maximum absolute atomic E-state index is 12.4. The van der Waals surface area contributed by atoms with Gasteiger partial charge in [-0.1, -0.05) is 6.07 Å². The van der Waals surface area contributed by atoms with E-state index in [1.54, 1.807) is 12.1 Å². The van der Waals surface area contributed by atoms with Crippen LogP contribution in [0.15, 0.2) is 18.2 Å². The number of aliphatic carboxylic acids is 2. The van der Waals surface area contributed by atoms with Crippen LogP contribution in [0, 0.1) is 13.8 Å². The zero-order valence-electron chi connectivity index (χ0n) is 12.1. The Morgan fingerprint density at radius 1 is 0.952 bits per heavy atom. The van der Waals surface area contributed by atoms with Crippen molar-refractivity contribution in [1.29, 1.82) is 0 Å². The molecule has 0 heterocycles. The lowest BCUT2D eigenvalue weighted by atomic mass is 10.1. The highest BCUT2D eigenvalue weighted by Gasteiger charge is 2.18. The van der Waals surface area contributed by atoms with Gasteiger partial charge in [0.2, 0.25) is 0 Å². The van der Waals surface area contributed by atoms with E-state index in [0.29, 0.717) is 5.56 Å². The van der Waals surface area contributed by atoms with Gasteiger partial charge >= 0.3 is 11.9 Å². The highest BCUT2D eigenvalue weighted by molar-refractivity contribution is 5.94. The summed E-state index contributed by atoms with van der Waals surface area (Å²) in [5.74, 6) is -2.40. The molecule has 0 aliphatic carbocycles. The first-order valence-corrected chi connectivity index (χ1v) is 6.61. The van der Waals surface area contributed by atoms with E-state index in [4.69, 9.17) is 10.2 Å². The summed E-state index contributed by atoms with van der Waals surface area (Å²) in [5.41, 5.74) is 2.44. The molecule has 1 aromatic rings. The summed E-state index contributed by atoms with van der Waals surface area (Å²) in [7, 11) is 0. The van der Waals surface area contributed by atoms with E-state index in [9.17, 15) is 14.4 Å². The molecular formula is C15H19NO5. The Hall–Kier alpha value is -2.37. The van der Waals surface area contributed by atoms with Crippen LogP contribution >= 0.6 is 0 Å². The molecule has 1 aromatic carbocycles. The van der Waals surface area contributed by atoms with E-state index in [1.807, 2.05) is 19.9 Å². The number of hydrogen-bond acceptors (Lipinski definition) is 3. The lowest BCUT2D eigenvalue weighted by Crippen LogP contribution is -2.35. The van der Waals surface area contributed by atoms with Crippen molar-refractivity contribution >= 4 is 17.8 Å². The normalized spacial score (nSPS) is 10.2. The summed E-state index contributed by atoms with van der Waals surface area (Å²) in [5, 5.41) is 17.4. The second kappa shape index (κ2) is 7.42. The molecule has 2 N–H and O–H groups in total. The van der Waals surface area contributed by atoms with Crippen molar-refractivity contribution in [3.63, 3.8) is 0 Å². The van der Waals surface area contributed by atoms with E-state index >= 15 is 0 Å². The molecule has 0 spiro atoms. The highest BCUT2D eigenvalue weighted by atomic mass is 16.4. The first-order valence-electron chi connectivity index (χ1n) is 6.61. The summed E-state index contributed by atoms with van der Waals surface area (Å²) in [6.45, 7) is 3.80. The van der Waals surface area contributed by atoms with E-state index in [0.717, 1.165) is 11.1 Å². The Morgan fingerprint density at radius 3 is 1.90 bits per heavy atom. The number of benzene rings is 1. The molecule has 0 aliphatic rings. The van der Waals surface area contributed by atoms with Crippen LogP contribution in [-0.4, -0.2) is 46.0 Å². The number of aryl methyl sites for hydroxylation is 2. The number of nitrogens with zero attached hydrogens (tertiary/aromatic N) is 1. The summed E-state index contributed by atoms with van der Waals surface area (Å²) < 4.78 is 0. The Bertz CT molecular complexity index is 535. The summed E-state index contributed by atoms with van der Waals surface area (Å²) in [4.78, 5) is 34.9. The fourth-order valence-corrected chi connectivity index (χ4v) is 1.83. The molecule has 0 unspecified atom stereocenters. The third kappa shape index (κ3) is 5.25. The molecule has 114 valence electrons. The average molecular weight is 293 g/mol. The molecule has 1 rings (SSSR count). The van der Waals surface area contributed by atoms with Gasteiger partial charge in [-0.15, -0.1) is 0 Å². The molecule has 6 heteroatoms. The van der Waals surface area contributed by atoms with Gasteiger partial charge in [-0.3, -0.25) is 14.4 Å². The van der Waals surface area contributed by atoms with Gasteiger partial charge in [-0.05, 0) is 37.1 Å². The maximum atomic E-state index is 12.4. The van der Waals surface area contributed by atoms with Gasteiger partial charge in [0.05, 0.1) is 12.8 Å². The Kier molecular flexibility index (Phi) is 5.90. The van der Waals surface area contributed by atoms with Gasteiger partial charge in [0.15, 0.2) is 0 Å². The van der Waals surface area contributed by atoms with Gasteiger partial charge in [-0.25, -0.2) is 0 Å². The summed E-state index contributed by atoms with van der Waals surface area (Å²) in [6.07, 6.45) is -0.424. The first kappa shape index (κ1) is 16.7. The molecule has 0 saturated carbocycles. The third-order valence-corrected chi connectivity index (χ3v) is 3.23. The quantitative estimate of drug-likeness (QED) is 0.797. The van der Waals surface area contributed by atoms with Gasteiger partial charge in [-0.2, -0.15) is 0 Å². The van der Waals surface area contributed by atoms with Crippen molar-refractivity contribution in [2.45, 2.75) is 26.7 Å². The van der Waals surface area contributed by atoms with Crippen LogP contribution in [0.5, 0.6) is 0 Å². The van der Waals surface area contributed by atoms with Crippen LogP contribution in [0.4, 0.5) is 0 Å². The third-order valence-electron chi connectivity index (χ3n) is 3.23. The maximum Gasteiger partial charge on any atom is 0.305 e. The summed E-state index contributed by atoms with van der Waals surface area (Å²) in [6, 6.07) is 5.21. The van der Waals surface area contributed by atoms with Crippen LogP contribution in [0.3, 0.4) is 0 Å². The van der Waals surface area contributed by atoms with Gasteiger partial charge < -0.3 is 15.1 Å². The summed E-state index contributed by atoms with van der Waals surface area (Å²) >= 11 is 0. The average Bonchev–Trinajstić information content (AvgIpc) is 2.40. The van der Waals surface area contributed by atoms with Gasteiger partial charge in [0.1, 0.15) is 0 Å². The smallest absolute Gasteiger partial charge is 0.305 e. The molecule has 0 aromatic heterocycles. The van der Waals surface area contributed by atoms with E-state index in [1.165, 1.54) is 4.90 Å². The highest BCUT2D eigenvalue weighted by Crippen LogP contribution is 2.13. The van der Waals surface area contributed by atoms with Crippen molar-refractivity contribution in [3.05, 3.63) is 34.9 Å². The number of carboxylic acid groups (broad SMARTS) is 2. The van der Waals surface area contributed by atoms with Gasteiger partial charge in [0, 0.05) is 18.7 Å². The van der Waals surface area contributed by atoms with E-state index in [2.05, 4.69) is 0 Å². The second-order valence-electron chi connectivity index (χ2n) is 4.88. The molecule has 1 amide bonds. The first-order chi connectivity index (χ1) is 9.81. The number of amides is 1. The number of carbonyl (C=O) groups is 3. The largest absolute Gasteiger partial charge is 0.481 e. The van der Waals surface area contributed by atoms with Crippen LogP contribution in [0.25, 0.3) is 0 Å². The van der Waals surface area contributed by atoms with Gasteiger partial charge in [0.25, 0.3) is 5.91 Å². The molecule has 0 atom stereocenters. The predicted molar refractivity (Wildman–Crippen MR) is 76.3 cm³/mol. The monoisotopic (exact) mass is 293 g/mol. The van der Waals surface area contributed by atoms with Crippen LogP contribution in [0.2, 0.25) is 0 Å². The zero-order valence-corrected chi connectivity index (χ0v) is 12.1. The number of carboxylic acids is 2. The number of carbonyl (C=O) groups excluding carboxylic acids is 1. The van der Waals surface area contributed by atoms with Crippen molar-refractivity contribution < 1.29 is 24.6 Å². The van der Waals surface area contributed by atoms with Crippen molar-refractivity contribution in [1.82, 2.24) is 4.90 Å². The van der Waals surface area contributed by atoms with E-state index in [-0.39, 0.29) is 31.8 Å². The standard InChI is InChI=1S/C15H19NO5/c1-10-3-4-12(9-11(10)2)15(21)16(7-5-13(17)18)8-6-14(19)20/h3-4,9H,5-8H2,1-2H3,(H,17,18)(H,19,20). The second-order valence-corrected chi connectivity index (χ2v) is 4.88. The molecule has 0 bridgehead atoms. The van der Waals surface area contributed by atoms with Crippen molar-refractivity contribution in [2.24, 2.45) is 0 Å². The van der Waals surface area contributed by atoms with Crippen LogP contribution in [0.1, 0.15) is 34.3 Å². The Balaban J connectivity index is 2.88. The molecular weight excluding hydrogens is 274 g/mol. The minimum absolute atomic E-state index is 0.00558. The fourth-order valence-electron chi connectivity index (χ4n) is 1.83. The minimum atomic E-state index is -1.02.